The van der Waals surface area contributed by atoms with Crippen molar-refractivity contribution in [2.45, 2.75) is 0 Å². The van der Waals surface area contributed by atoms with Gasteiger partial charge in [0.05, 0.1) is 21.7 Å². The van der Waals surface area contributed by atoms with E-state index in [1.165, 1.54) is 0 Å². The second kappa shape index (κ2) is 4.65. The number of isothiocyanates is 1. The van der Waals surface area contributed by atoms with E-state index in [1.807, 2.05) is 0 Å². The lowest BCUT2D eigenvalue weighted by molar-refractivity contribution is -0.387. The number of carbonyl (C=O) groups is 1. The first-order valence-corrected chi connectivity index (χ1v) is 4.14. The number of hydrogen-bond donors (Lipinski definition) is 0. The van der Waals surface area contributed by atoms with Crippen LogP contribution in [0.15, 0.2) is 17.1 Å². The number of carbonyl (C=O) groups excluding carboxylic acids is 1. The van der Waals surface area contributed by atoms with Gasteiger partial charge in [-0.05, 0) is 18.3 Å². The van der Waals surface area contributed by atoms with Crippen molar-refractivity contribution in [1.82, 2.24) is 0 Å². The van der Waals surface area contributed by atoms with Crippen molar-refractivity contribution < 1.29 is 18.5 Å². The minimum atomic E-state index is -1.45. The Bertz CT molecular complexity index is 526. The molecule has 0 heterocycles. The summed E-state index contributed by atoms with van der Waals surface area (Å²) in [5, 5.41) is 12.0. The van der Waals surface area contributed by atoms with Crippen molar-refractivity contribution in [3.63, 3.8) is 0 Å². The van der Waals surface area contributed by atoms with Crippen LogP contribution in [-0.2, 0) is 0 Å². The molecule has 16 heavy (non-hydrogen) atoms. The molecule has 1 aromatic rings. The van der Waals surface area contributed by atoms with Crippen LogP contribution in [0.25, 0.3) is 0 Å². The number of aliphatic imine (C=N–C) groups is 1. The molecule has 8 heteroatoms. The van der Waals surface area contributed by atoms with Crippen LogP contribution in [0.3, 0.4) is 0 Å². The fourth-order valence-electron chi connectivity index (χ4n) is 0.965. The van der Waals surface area contributed by atoms with Crippen molar-refractivity contribution >= 4 is 29.0 Å². The molecule has 0 atom stereocenters. The monoisotopic (exact) mass is 244 g/mol. The summed E-state index contributed by atoms with van der Waals surface area (Å²) in [5.74, 6) is -3.79. The lowest BCUT2D eigenvalue weighted by Gasteiger charge is -1.99. The van der Waals surface area contributed by atoms with Crippen molar-refractivity contribution in [3.8, 4) is 0 Å². The molecule has 0 bridgehead atoms. The zero-order chi connectivity index (χ0) is 12.3. The van der Waals surface area contributed by atoms with E-state index < -0.39 is 33.7 Å². The minimum absolute atomic E-state index is 0.368. The highest BCUT2D eigenvalue weighted by atomic mass is 32.1. The molecule has 5 nitrogen and oxygen atoms in total. The Morgan fingerprint density at radius 2 is 2.12 bits per heavy atom. The number of nitrogens with zero attached hydrogens (tertiary/aromatic N) is 2. The first kappa shape index (κ1) is 12.0. The SMILES string of the molecule is O=C(N=C=S)c1cc(F)cc([N+](=O)[O-])c1F. The lowest BCUT2D eigenvalue weighted by Crippen LogP contribution is -2.04. The van der Waals surface area contributed by atoms with Gasteiger partial charge in [0, 0.05) is 0 Å². The number of nitro groups is 1. The molecule has 0 saturated heterocycles. The molecule has 0 spiro atoms. The Kier molecular flexibility index (Phi) is 3.49. The summed E-state index contributed by atoms with van der Waals surface area (Å²) in [5.41, 5.74) is -1.99. The highest BCUT2D eigenvalue weighted by Crippen LogP contribution is 2.22. The maximum atomic E-state index is 13.3. The van der Waals surface area contributed by atoms with Gasteiger partial charge in [-0.25, -0.2) is 4.39 Å². The number of nitro benzene ring substituents is 1. The normalized spacial score (nSPS) is 9.38. The molecule has 0 saturated carbocycles. The number of hydrogen-bond acceptors (Lipinski definition) is 4. The predicted molar refractivity (Wildman–Crippen MR) is 52.4 cm³/mol. The van der Waals surface area contributed by atoms with Crippen LogP contribution in [0, 0.1) is 21.7 Å². The predicted octanol–water partition coefficient (Wildman–Crippen LogP) is 2.12. The van der Waals surface area contributed by atoms with Crippen LogP contribution in [0.4, 0.5) is 14.5 Å². The average molecular weight is 244 g/mol. The highest BCUT2D eigenvalue weighted by molar-refractivity contribution is 7.78. The van der Waals surface area contributed by atoms with Crippen LogP contribution < -0.4 is 0 Å². The summed E-state index contributed by atoms with van der Waals surface area (Å²) in [7, 11) is 0. The summed E-state index contributed by atoms with van der Waals surface area (Å²) >= 11 is 4.10. The van der Waals surface area contributed by atoms with E-state index in [2.05, 4.69) is 17.2 Å². The Balaban J connectivity index is 3.46. The van der Waals surface area contributed by atoms with Crippen LogP contribution in [0.2, 0.25) is 0 Å². The van der Waals surface area contributed by atoms with Crippen molar-refractivity contribution in [2.24, 2.45) is 4.99 Å². The highest BCUT2D eigenvalue weighted by Gasteiger charge is 2.23. The van der Waals surface area contributed by atoms with E-state index in [0.29, 0.717) is 12.1 Å². The fourth-order valence-corrected chi connectivity index (χ4v) is 1.05. The van der Waals surface area contributed by atoms with Gasteiger partial charge >= 0.3 is 5.69 Å². The van der Waals surface area contributed by atoms with E-state index in [9.17, 15) is 23.7 Å². The maximum absolute atomic E-state index is 13.3. The summed E-state index contributed by atoms with van der Waals surface area (Å²) in [6.07, 6.45) is 0. The quantitative estimate of drug-likeness (QED) is 0.345. The Morgan fingerprint density at radius 3 is 2.62 bits per heavy atom. The Hall–Kier alpha value is -2.05. The van der Waals surface area contributed by atoms with Gasteiger partial charge in [-0.1, -0.05) is 0 Å². The third-order valence-corrected chi connectivity index (χ3v) is 1.68. The van der Waals surface area contributed by atoms with Gasteiger partial charge < -0.3 is 0 Å². The van der Waals surface area contributed by atoms with Gasteiger partial charge in [0.15, 0.2) is 0 Å². The van der Waals surface area contributed by atoms with Crippen LogP contribution in [-0.4, -0.2) is 16.0 Å². The van der Waals surface area contributed by atoms with Crippen LogP contribution in [0.1, 0.15) is 10.4 Å². The van der Waals surface area contributed by atoms with Gasteiger partial charge in [-0.2, -0.15) is 9.38 Å². The van der Waals surface area contributed by atoms with E-state index in [0.717, 1.165) is 0 Å². The molecule has 0 aliphatic heterocycles. The van der Waals surface area contributed by atoms with E-state index >= 15 is 0 Å². The van der Waals surface area contributed by atoms with Gasteiger partial charge in [-0.15, -0.1) is 0 Å². The summed E-state index contributed by atoms with van der Waals surface area (Å²) in [6.45, 7) is 0. The molecule has 0 fully saturated rings. The number of amides is 1. The van der Waals surface area contributed by atoms with Crippen molar-refractivity contribution in [2.75, 3.05) is 0 Å². The molecule has 0 radical (unpaired) electrons. The zero-order valence-corrected chi connectivity index (χ0v) is 8.25. The molecular weight excluding hydrogens is 242 g/mol. The molecule has 0 aliphatic rings. The number of halogens is 2. The van der Waals surface area contributed by atoms with Gasteiger partial charge in [-0.3, -0.25) is 14.9 Å². The molecule has 1 amide bonds. The standard InChI is InChI=1S/C8H2F2N2O3S/c9-4-1-5(8(13)11-3-16)7(10)6(2-4)12(14)15/h1-2H. The smallest absolute Gasteiger partial charge is 0.266 e. The topological polar surface area (TPSA) is 72.6 Å². The second-order valence-electron chi connectivity index (χ2n) is 2.55. The Labute approximate surface area is 92.6 Å². The molecule has 82 valence electrons. The van der Waals surface area contributed by atoms with Crippen molar-refractivity contribution in [1.29, 1.82) is 0 Å². The zero-order valence-electron chi connectivity index (χ0n) is 7.44. The first-order chi connectivity index (χ1) is 7.47. The number of benzene rings is 1. The Morgan fingerprint density at radius 1 is 1.50 bits per heavy atom. The molecular formula is C8H2F2N2O3S. The van der Waals surface area contributed by atoms with E-state index in [1.54, 1.807) is 5.16 Å². The summed E-state index contributed by atoms with van der Waals surface area (Å²) in [4.78, 5) is 23.1. The third kappa shape index (κ3) is 2.30. The molecule has 0 aromatic heterocycles. The maximum Gasteiger partial charge on any atom is 0.308 e. The fraction of sp³-hybridized carbons (Fsp3) is 0. The van der Waals surface area contributed by atoms with E-state index in [-0.39, 0.29) is 0 Å². The van der Waals surface area contributed by atoms with Gasteiger partial charge in [0.25, 0.3) is 5.91 Å². The molecule has 0 N–H and O–H groups in total. The molecule has 0 unspecified atom stereocenters. The molecule has 1 rings (SSSR count). The average Bonchev–Trinajstić information content (AvgIpc) is 2.20. The third-order valence-electron chi connectivity index (χ3n) is 1.59. The van der Waals surface area contributed by atoms with Crippen LogP contribution >= 0.6 is 12.2 Å². The van der Waals surface area contributed by atoms with Gasteiger partial charge in [0.1, 0.15) is 5.82 Å². The first-order valence-electron chi connectivity index (χ1n) is 3.73. The lowest BCUT2D eigenvalue weighted by atomic mass is 10.1. The molecule has 1 aromatic carbocycles. The molecule has 0 aliphatic carbocycles. The summed E-state index contributed by atoms with van der Waals surface area (Å²) < 4.78 is 26.2. The second-order valence-corrected chi connectivity index (χ2v) is 2.73. The minimum Gasteiger partial charge on any atom is -0.266 e. The summed E-state index contributed by atoms with van der Waals surface area (Å²) in [6, 6.07) is 0.869. The largest absolute Gasteiger partial charge is 0.308 e. The van der Waals surface area contributed by atoms with Gasteiger partial charge in [0.2, 0.25) is 5.82 Å². The number of thiocarbonyl (C=S) groups is 1. The van der Waals surface area contributed by atoms with E-state index in [4.69, 9.17) is 0 Å². The number of rotatable bonds is 2. The van der Waals surface area contributed by atoms with Crippen molar-refractivity contribution in [3.05, 3.63) is 39.4 Å². The van der Waals surface area contributed by atoms with Crippen LogP contribution in [0.5, 0.6) is 0 Å².